The number of oxime groups is 1. The SMILES string of the molecule is C/C(=N/OCc1ccc(C2CCCCC2)c(C(F)(F)F)c1)c1ccc(CNCCC(=O)O)c(F)c1. The summed E-state index contributed by atoms with van der Waals surface area (Å²) >= 11 is 0. The number of nitrogens with zero attached hydrogens (tertiary/aromatic N) is 1. The average Bonchev–Trinajstić information content (AvgIpc) is 2.82. The van der Waals surface area contributed by atoms with Crippen LogP contribution in [0.15, 0.2) is 41.6 Å². The third kappa shape index (κ3) is 7.78. The van der Waals surface area contributed by atoms with Crippen LogP contribution in [0.3, 0.4) is 0 Å². The molecule has 0 amide bonds. The third-order valence-electron chi connectivity index (χ3n) is 6.20. The summed E-state index contributed by atoms with van der Waals surface area (Å²) in [5, 5.41) is 15.4. The molecule has 5 nitrogen and oxygen atoms in total. The van der Waals surface area contributed by atoms with Gasteiger partial charge in [-0.3, -0.25) is 4.79 Å². The standard InChI is InChI=1S/C26H30F4N2O3/c1-17(20-8-9-21(24(27)14-20)15-31-12-11-25(33)34)32-35-16-18-7-10-22(19-5-3-2-4-6-19)23(13-18)26(28,29)30/h7-10,13-14,19,31H,2-6,11-12,15-16H2,1H3,(H,33,34)/b32-17-. The molecule has 0 spiro atoms. The molecule has 3 rings (SSSR count). The second kappa shape index (κ2) is 12.2. The highest BCUT2D eigenvalue weighted by atomic mass is 19.4. The first-order valence-electron chi connectivity index (χ1n) is 11.7. The Kier molecular flexibility index (Phi) is 9.26. The quantitative estimate of drug-likeness (QED) is 0.174. The van der Waals surface area contributed by atoms with Crippen molar-refractivity contribution >= 4 is 11.7 Å². The van der Waals surface area contributed by atoms with E-state index in [1.54, 1.807) is 31.2 Å². The minimum atomic E-state index is -4.44. The van der Waals surface area contributed by atoms with E-state index in [1.807, 2.05) is 0 Å². The van der Waals surface area contributed by atoms with Gasteiger partial charge in [0.05, 0.1) is 17.7 Å². The number of aliphatic carboxylic acids is 1. The molecular formula is C26H30F4N2O3. The molecule has 2 aromatic carbocycles. The van der Waals surface area contributed by atoms with Gasteiger partial charge in [0.1, 0.15) is 12.4 Å². The van der Waals surface area contributed by atoms with Gasteiger partial charge in [0.25, 0.3) is 0 Å². The van der Waals surface area contributed by atoms with Gasteiger partial charge in [-0.25, -0.2) is 4.39 Å². The molecule has 1 aliphatic carbocycles. The molecule has 0 aliphatic heterocycles. The lowest BCUT2D eigenvalue weighted by Crippen LogP contribution is -2.18. The van der Waals surface area contributed by atoms with Gasteiger partial charge < -0.3 is 15.3 Å². The predicted molar refractivity (Wildman–Crippen MR) is 125 cm³/mol. The van der Waals surface area contributed by atoms with E-state index >= 15 is 0 Å². The smallest absolute Gasteiger partial charge is 0.416 e. The van der Waals surface area contributed by atoms with Crippen molar-refractivity contribution in [3.8, 4) is 0 Å². The first kappa shape index (κ1) is 26.7. The van der Waals surface area contributed by atoms with Crippen LogP contribution in [-0.2, 0) is 29.0 Å². The van der Waals surface area contributed by atoms with Crippen LogP contribution in [0.2, 0.25) is 0 Å². The number of halogens is 4. The van der Waals surface area contributed by atoms with E-state index in [9.17, 15) is 22.4 Å². The van der Waals surface area contributed by atoms with Crippen molar-refractivity contribution < 1.29 is 32.3 Å². The van der Waals surface area contributed by atoms with Gasteiger partial charge in [0, 0.05) is 24.2 Å². The number of alkyl halides is 3. The topological polar surface area (TPSA) is 70.9 Å². The Bertz CT molecular complexity index is 1050. The Morgan fingerprint density at radius 1 is 1.14 bits per heavy atom. The van der Waals surface area contributed by atoms with Crippen molar-refractivity contribution in [2.45, 2.75) is 70.7 Å². The molecular weight excluding hydrogens is 464 g/mol. The van der Waals surface area contributed by atoms with Crippen molar-refractivity contribution in [3.63, 3.8) is 0 Å². The number of benzene rings is 2. The van der Waals surface area contributed by atoms with Crippen LogP contribution < -0.4 is 5.32 Å². The Morgan fingerprint density at radius 2 is 1.89 bits per heavy atom. The van der Waals surface area contributed by atoms with Crippen LogP contribution in [0.25, 0.3) is 0 Å². The summed E-state index contributed by atoms with van der Waals surface area (Å²) in [6.45, 7) is 1.89. The molecule has 0 unspecified atom stereocenters. The van der Waals surface area contributed by atoms with Gasteiger partial charge in [0.2, 0.25) is 0 Å². The molecule has 0 aromatic heterocycles. The molecule has 1 saturated carbocycles. The number of nitrogens with one attached hydrogen (secondary N) is 1. The highest BCUT2D eigenvalue weighted by Crippen LogP contribution is 2.41. The van der Waals surface area contributed by atoms with E-state index < -0.39 is 23.5 Å². The second-order valence-electron chi connectivity index (χ2n) is 8.83. The van der Waals surface area contributed by atoms with E-state index in [1.165, 1.54) is 6.07 Å². The van der Waals surface area contributed by atoms with Crippen LogP contribution in [0.5, 0.6) is 0 Å². The van der Waals surface area contributed by atoms with Crippen LogP contribution in [0, 0.1) is 5.82 Å². The van der Waals surface area contributed by atoms with Crippen molar-refractivity contribution in [1.82, 2.24) is 5.32 Å². The first-order valence-corrected chi connectivity index (χ1v) is 11.7. The number of carboxylic acid groups (broad SMARTS) is 1. The van der Waals surface area contributed by atoms with E-state index in [0.717, 1.165) is 38.2 Å². The van der Waals surface area contributed by atoms with E-state index in [0.29, 0.717) is 28.0 Å². The van der Waals surface area contributed by atoms with Gasteiger partial charge in [-0.2, -0.15) is 13.2 Å². The average molecular weight is 495 g/mol. The Morgan fingerprint density at radius 3 is 2.54 bits per heavy atom. The van der Waals surface area contributed by atoms with E-state index in [4.69, 9.17) is 9.94 Å². The van der Waals surface area contributed by atoms with Gasteiger partial charge in [-0.05, 0) is 48.9 Å². The minimum Gasteiger partial charge on any atom is -0.481 e. The van der Waals surface area contributed by atoms with Crippen LogP contribution in [0.1, 0.15) is 79.2 Å². The summed E-state index contributed by atoms with van der Waals surface area (Å²) < 4.78 is 55.5. The molecule has 2 N–H and O–H groups in total. The second-order valence-corrected chi connectivity index (χ2v) is 8.83. The molecule has 1 fully saturated rings. The maximum atomic E-state index is 14.4. The zero-order valence-corrected chi connectivity index (χ0v) is 19.6. The fraction of sp³-hybridized carbons (Fsp3) is 0.462. The fourth-order valence-corrected chi connectivity index (χ4v) is 4.30. The molecule has 0 radical (unpaired) electrons. The Balaban J connectivity index is 1.63. The maximum Gasteiger partial charge on any atom is 0.416 e. The number of carbonyl (C=O) groups is 1. The first-order chi connectivity index (χ1) is 16.6. The molecule has 190 valence electrons. The van der Waals surface area contributed by atoms with E-state index in [-0.39, 0.29) is 32.0 Å². The lowest BCUT2D eigenvalue weighted by Gasteiger charge is -2.25. The van der Waals surface area contributed by atoms with Gasteiger partial charge in [-0.15, -0.1) is 0 Å². The molecule has 0 saturated heterocycles. The monoisotopic (exact) mass is 494 g/mol. The van der Waals surface area contributed by atoms with Gasteiger partial charge in [-0.1, -0.05) is 48.7 Å². The van der Waals surface area contributed by atoms with Crippen LogP contribution in [0.4, 0.5) is 17.6 Å². The van der Waals surface area contributed by atoms with Crippen molar-refractivity contribution in [1.29, 1.82) is 0 Å². The summed E-state index contributed by atoms with van der Waals surface area (Å²) in [6, 6.07) is 8.86. The zero-order valence-electron chi connectivity index (χ0n) is 19.6. The fourth-order valence-electron chi connectivity index (χ4n) is 4.30. The summed E-state index contributed by atoms with van der Waals surface area (Å²) in [6.07, 6.45) is 0.0112. The van der Waals surface area contributed by atoms with Crippen LogP contribution >= 0.6 is 0 Å². The lowest BCUT2D eigenvalue weighted by atomic mass is 9.81. The normalized spacial score (nSPS) is 15.3. The summed E-state index contributed by atoms with van der Waals surface area (Å²) in [5.74, 6) is -1.48. The third-order valence-corrected chi connectivity index (χ3v) is 6.20. The molecule has 0 bridgehead atoms. The summed E-state index contributed by atoms with van der Waals surface area (Å²) in [7, 11) is 0. The molecule has 0 atom stereocenters. The highest BCUT2D eigenvalue weighted by Gasteiger charge is 2.35. The highest BCUT2D eigenvalue weighted by molar-refractivity contribution is 5.98. The maximum absolute atomic E-state index is 14.4. The van der Waals surface area contributed by atoms with Crippen molar-refractivity contribution in [2.24, 2.45) is 5.16 Å². The molecule has 0 heterocycles. The van der Waals surface area contributed by atoms with Gasteiger partial charge in [0.15, 0.2) is 0 Å². The molecule has 1 aliphatic rings. The lowest BCUT2D eigenvalue weighted by molar-refractivity contribution is -0.139. The van der Waals surface area contributed by atoms with Crippen molar-refractivity contribution in [3.05, 3.63) is 70.0 Å². The zero-order chi connectivity index (χ0) is 25.4. The number of hydrogen-bond donors (Lipinski definition) is 2. The van der Waals surface area contributed by atoms with Gasteiger partial charge >= 0.3 is 12.1 Å². The Hall–Kier alpha value is -2.94. The number of hydrogen-bond acceptors (Lipinski definition) is 4. The molecule has 9 heteroatoms. The molecule has 2 aromatic rings. The summed E-state index contributed by atoms with van der Waals surface area (Å²) in [5.41, 5.74) is 1.34. The Labute approximate surface area is 202 Å². The van der Waals surface area contributed by atoms with Crippen LogP contribution in [-0.4, -0.2) is 23.3 Å². The predicted octanol–water partition coefficient (Wildman–Crippen LogP) is 6.40. The number of rotatable bonds is 10. The largest absolute Gasteiger partial charge is 0.481 e. The number of carboxylic acids is 1. The minimum absolute atomic E-state index is 0.0589. The summed E-state index contributed by atoms with van der Waals surface area (Å²) in [4.78, 5) is 15.8. The molecule has 35 heavy (non-hydrogen) atoms. The van der Waals surface area contributed by atoms with Crippen molar-refractivity contribution in [2.75, 3.05) is 6.54 Å². The van der Waals surface area contributed by atoms with E-state index in [2.05, 4.69) is 10.5 Å².